The van der Waals surface area contributed by atoms with Gasteiger partial charge in [-0.05, 0) is 43.4 Å². The Morgan fingerprint density at radius 3 is 2.76 bits per heavy atom. The van der Waals surface area contributed by atoms with Gasteiger partial charge in [0.05, 0.1) is 24.5 Å². The predicted molar refractivity (Wildman–Crippen MR) is 130 cm³/mol. The molecule has 2 N–H and O–H groups in total. The molecule has 2 aromatic heterocycles. The number of anilines is 1. The number of hydrogen-bond acceptors (Lipinski definition) is 6. The van der Waals surface area contributed by atoms with E-state index in [1.165, 1.54) is 6.08 Å². The van der Waals surface area contributed by atoms with E-state index in [0.717, 1.165) is 55.1 Å². The van der Waals surface area contributed by atoms with Crippen molar-refractivity contribution in [2.24, 2.45) is 0 Å². The third-order valence-corrected chi connectivity index (χ3v) is 6.76. The van der Waals surface area contributed by atoms with Gasteiger partial charge in [-0.3, -0.25) is 4.79 Å². The van der Waals surface area contributed by atoms with Crippen LogP contribution in [0.4, 0.5) is 5.69 Å². The number of hydrogen-bond donors (Lipinski definition) is 2. The summed E-state index contributed by atoms with van der Waals surface area (Å²) in [7, 11) is 0. The Labute approximate surface area is 196 Å². The van der Waals surface area contributed by atoms with Gasteiger partial charge in [0.15, 0.2) is 5.65 Å². The number of rotatable bonds is 7. The number of fused-ring (bicyclic) bond motifs is 1. The molecule has 0 saturated carbocycles. The molecule has 2 aliphatic rings. The lowest BCUT2D eigenvalue weighted by Crippen LogP contribution is -2.51. The summed E-state index contributed by atoms with van der Waals surface area (Å²) in [6, 6.07) is 2.38. The summed E-state index contributed by atoms with van der Waals surface area (Å²) < 4.78 is 8.03. The van der Waals surface area contributed by atoms with Gasteiger partial charge in [0, 0.05) is 56.9 Å². The molecule has 180 valence electrons. The fraction of sp³-hybridized carbons (Fsp3) is 0.600. The normalized spacial score (nSPS) is 21.5. The summed E-state index contributed by atoms with van der Waals surface area (Å²) in [6.45, 7) is 14.4. The van der Waals surface area contributed by atoms with Gasteiger partial charge in [-0.15, -0.1) is 0 Å². The number of nitrogens with zero attached hydrogens (tertiary/aromatic N) is 4. The lowest BCUT2D eigenvalue weighted by molar-refractivity contribution is -0.134. The van der Waals surface area contributed by atoms with Crippen molar-refractivity contribution in [3.63, 3.8) is 0 Å². The van der Waals surface area contributed by atoms with Crippen LogP contribution in [-0.4, -0.2) is 81.7 Å². The monoisotopic (exact) mass is 455 g/mol. The molecule has 4 heterocycles. The van der Waals surface area contributed by atoms with Crippen LogP contribution in [0.5, 0.6) is 0 Å². The van der Waals surface area contributed by atoms with Crippen molar-refractivity contribution in [2.75, 3.05) is 44.6 Å². The maximum Gasteiger partial charge on any atom is 0.246 e. The van der Waals surface area contributed by atoms with E-state index in [0.29, 0.717) is 31.7 Å². The highest BCUT2D eigenvalue weighted by molar-refractivity contribution is 5.87. The number of aliphatic hydroxyl groups is 1. The summed E-state index contributed by atoms with van der Waals surface area (Å²) in [5.74, 6) is 0.330. The number of aromatic nitrogens is 2. The molecule has 0 spiro atoms. The number of ether oxygens (including phenoxy) is 1. The number of carbonyl (C=O) groups is 1. The van der Waals surface area contributed by atoms with Gasteiger partial charge in [0.1, 0.15) is 0 Å². The Hall–Kier alpha value is -2.42. The molecule has 8 heteroatoms. The van der Waals surface area contributed by atoms with Crippen molar-refractivity contribution in [2.45, 2.75) is 57.8 Å². The minimum atomic E-state index is -0.540. The van der Waals surface area contributed by atoms with Crippen LogP contribution in [0.25, 0.3) is 5.65 Å². The van der Waals surface area contributed by atoms with E-state index in [2.05, 4.69) is 40.0 Å². The number of nitrogens with one attached hydrogen (secondary N) is 1. The molecule has 2 saturated heterocycles. The molecular formula is C25H37N5O3. The molecular weight excluding hydrogens is 418 g/mol. The first-order chi connectivity index (χ1) is 15.9. The summed E-state index contributed by atoms with van der Waals surface area (Å²) >= 11 is 0. The van der Waals surface area contributed by atoms with Crippen molar-refractivity contribution in [1.82, 2.24) is 19.2 Å². The molecule has 1 amide bonds. The highest BCUT2D eigenvalue weighted by atomic mass is 16.5. The fourth-order valence-corrected chi connectivity index (χ4v) is 4.82. The van der Waals surface area contributed by atoms with Gasteiger partial charge in [0.2, 0.25) is 5.91 Å². The number of pyridine rings is 1. The second kappa shape index (κ2) is 10.2. The third-order valence-electron chi connectivity index (χ3n) is 6.76. The molecule has 0 aliphatic carbocycles. The second-order valence-corrected chi connectivity index (χ2v) is 9.59. The highest BCUT2D eigenvalue weighted by Crippen LogP contribution is 2.28. The minimum absolute atomic E-state index is 0.0171. The van der Waals surface area contributed by atoms with Crippen LogP contribution in [-0.2, 0) is 9.53 Å². The lowest BCUT2D eigenvalue weighted by Gasteiger charge is -2.38. The first kappa shape index (κ1) is 23.7. The largest absolute Gasteiger partial charge is 0.389 e. The smallest absolute Gasteiger partial charge is 0.246 e. The molecule has 0 radical (unpaired) electrons. The Balaban J connectivity index is 1.38. The van der Waals surface area contributed by atoms with E-state index in [4.69, 9.17) is 4.74 Å². The van der Waals surface area contributed by atoms with Crippen molar-refractivity contribution >= 4 is 17.2 Å². The van der Waals surface area contributed by atoms with Crippen molar-refractivity contribution in [1.29, 1.82) is 0 Å². The molecule has 1 unspecified atom stereocenters. The van der Waals surface area contributed by atoms with Crippen molar-refractivity contribution < 1.29 is 14.6 Å². The standard InChI is InChI=1S/C25H37N5O3/c1-5-24(32)29-10-11-33-21(16-29)15-28-8-6-20(7-9-28)27-22-12-19(18(4)31)14-30-23(17(2)3)13-26-25(22)30/h5,12-14,17-18,20-21,27,31H,1,6-11,15-16H2,2-4H3/t18?,21-/m1/s1. The number of aliphatic hydroxyl groups excluding tert-OH is 1. The van der Waals surface area contributed by atoms with Crippen molar-refractivity contribution in [3.05, 3.63) is 42.4 Å². The maximum atomic E-state index is 11.9. The Morgan fingerprint density at radius 1 is 1.33 bits per heavy atom. The number of morpholine rings is 1. The second-order valence-electron chi connectivity index (χ2n) is 9.59. The first-order valence-corrected chi connectivity index (χ1v) is 12.1. The fourth-order valence-electron chi connectivity index (χ4n) is 4.82. The number of carbonyl (C=O) groups excluding carboxylic acids is 1. The maximum absolute atomic E-state index is 11.9. The average Bonchev–Trinajstić information content (AvgIpc) is 3.25. The van der Waals surface area contributed by atoms with Crippen LogP contribution in [0.1, 0.15) is 56.9 Å². The van der Waals surface area contributed by atoms with Gasteiger partial charge in [-0.1, -0.05) is 20.4 Å². The SMILES string of the molecule is C=CC(=O)N1CCO[C@H](CN2CCC(Nc3cc(C(C)O)cn4c(C(C)C)cnc34)CC2)C1. The van der Waals surface area contributed by atoms with Gasteiger partial charge < -0.3 is 29.4 Å². The molecule has 33 heavy (non-hydrogen) atoms. The van der Waals surface area contributed by atoms with Crippen LogP contribution in [0, 0.1) is 0 Å². The van der Waals surface area contributed by atoms with Gasteiger partial charge in [0.25, 0.3) is 0 Å². The first-order valence-electron chi connectivity index (χ1n) is 12.1. The molecule has 2 atom stereocenters. The molecule has 4 rings (SSSR count). The molecule has 2 fully saturated rings. The molecule has 8 nitrogen and oxygen atoms in total. The van der Waals surface area contributed by atoms with E-state index in [-0.39, 0.29) is 12.0 Å². The van der Waals surface area contributed by atoms with Crippen molar-refractivity contribution in [3.8, 4) is 0 Å². The molecule has 0 aromatic carbocycles. The van der Waals surface area contributed by atoms with E-state index in [9.17, 15) is 9.90 Å². The Morgan fingerprint density at radius 2 is 2.09 bits per heavy atom. The van der Waals surface area contributed by atoms with Gasteiger partial charge in [-0.2, -0.15) is 0 Å². The summed E-state index contributed by atoms with van der Waals surface area (Å²) in [5.41, 5.74) is 3.92. The number of amides is 1. The minimum Gasteiger partial charge on any atom is -0.389 e. The molecule has 0 bridgehead atoms. The zero-order valence-corrected chi connectivity index (χ0v) is 20.0. The average molecular weight is 456 g/mol. The third kappa shape index (κ3) is 5.39. The highest BCUT2D eigenvalue weighted by Gasteiger charge is 2.27. The lowest BCUT2D eigenvalue weighted by atomic mass is 10.0. The van der Waals surface area contributed by atoms with E-state index >= 15 is 0 Å². The zero-order valence-electron chi connectivity index (χ0n) is 20.0. The quantitative estimate of drug-likeness (QED) is 0.625. The number of imidazole rings is 1. The van der Waals surface area contributed by atoms with Crippen LogP contribution in [0.2, 0.25) is 0 Å². The van der Waals surface area contributed by atoms with Crippen LogP contribution in [0.3, 0.4) is 0 Å². The van der Waals surface area contributed by atoms with Crippen LogP contribution < -0.4 is 5.32 Å². The molecule has 2 aliphatic heterocycles. The summed E-state index contributed by atoms with van der Waals surface area (Å²) in [4.78, 5) is 20.9. The zero-order chi connectivity index (χ0) is 23.5. The molecule has 2 aromatic rings. The van der Waals surface area contributed by atoms with Gasteiger partial charge in [-0.25, -0.2) is 4.98 Å². The summed E-state index contributed by atoms with van der Waals surface area (Å²) in [5, 5.41) is 13.9. The van der Waals surface area contributed by atoms with E-state index in [1.54, 1.807) is 6.92 Å². The summed E-state index contributed by atoms with van der Waals surface area (Å²) in [6.07, 6.45) is 6.87. The van der Waals surface area contributed by atoms with E-state index in [1.807, 2.05) is 23.4 Å². The number of likely N-dealkylation sites (tertiary alicyclic amines) is 1. The van der Waals surface area contributed by atoms with Crippen LogP contribution >= 0.6 is 0 Å². The van der Waals surface area contributed by atoms with E-state index < -0.39 is 6.10 Å². The predicted octanol–water partition coefficient (Wildman–Crippen LogP) is 2.80. The Kier molecular flexibility index (Phi) is 7.36. The number of piperidine rings is 1. The Bertz CT molecular complexity index is 978. The van der Waals surface area contributed by atoms with Crippen LogP contribution in [0.15, 0.2) is 31.1 Å². The van der Waals surface area contributed by atoms with Gasteiger partial charge >= 0.3 is 0 Å². The topological polar surface area (TPSA) is 82.3 Å².